The van der Waals surface area contributed by atoms with Crippen molar-refractivity contribution in [2.75, 3.05) is 0 Å². The lowest BCUT2D eigenvalue weighted by molar-refractivity contribution is -0.116. The van der Waals surface area contributed by atoms with E-state index < -0.39 is 0 Å². The Morgan fingerprint density at radius 2 is 1.83 bits per heavy atom. The lowest BCUT2D eigenvalue weighted by atomic mass is 9.99. The molecule has 4 aromatic rings. The fraction of sp³-hybridized carbons (Fsp3) is 0.192. The van der Waals surface area contributed by atoms with Crippen LogP contribution in [0.2, 0.25) is 0 Å². The van der Waals surface area contributed by atoms with Crippen LogP contribution in [0.3, 0.4) is 0 Å². The maximum atomic E-state index is 11.6. The summed E-state index contributed by atoms with van der Waals surface area (Å²) in [6.45, 7) is 4.44. The van der Waals surface area contributed by atoms with E-state index in [2.05, 4.69) is 24.3 Å². The molecule has 0 saturated carbocycles. The first-order valence-electron chi connectivity index (χ1n) is 10.1. The standard InChI is InChI=1S/C26H25NO3/c1-17(28)10-22-7-3-4-9-25(22)29-16-20-13-23-11-18(2)30-26(23)24(14-20)21-8-5-6-19(12-21)15-27/h3-9,11-14H,10,15-16,27H2,1-2H3. The van der Waals surface area contributed by atoms with Gasteiger partial charge in [-0.2, -0.15) is 0 Å². The molecule has 0 aliphatic heterocycles. The van der Waals surface area contributed by atoms with E-state index in [4.69, 9.17) is 14.9 Å². The van der Waals surface area contributed by atoms with Gasteiger partial charge in [-0.25, -0.2) is 0 Å². The van der Waals surface area contributed by atoms with Gasteiger partial charge in [0.05, 0.1) is 0 Å². The zero-order chi connectivity index (χ0) is 21.1. The van der Waals surface area contributed by atoms with Crippen molar-refractivity contribution in [1.29, 1.82) is 0 Å². The van der Waals surface area contributed by atoms with Crippen molar-refractivity contribution < 1.29 is 13.9 Å². The smallest absolute Gasteiger partial charge is 0.142 e. The van der Waals surface area contributed by atoms with Crippen LogP contribution in [0.15, 0.2) is 71.1 Å². The third-order valence-corrected chi connectivity index (χ3v) is 5.08. The first kappa shape index (κ1) is 19.9. The van der Waals surface area contributed by atoms with Gasteiger partial charge in [-0.3, -0.25) is 4.79 Å². The molecule has 0 spiro atoms. The number of Topliss-reactive ketones (excluding diaryl/α,β-unsaturated/α-hetero) is 1. The molecule has 4 nitrogen and oxygen atoms in total. The maximum Gasteiger partial charge on any atom is 0.142 e. The van der Waals surface area contributed by atoms with Gasteiger partial charge < -0.3 is 14.9 Å². The summed E-state index contributed by atoms with van der Waals surface area (Å²) < 4.78 is 12.1. The van der Waals surface area contributed by atoms with Crippen molar-refractivity contribution >= 4 is 16.8 Å². The Balaban J connectivity index is 1.70. The third-order valence-electron chi connectivity index (χ3n) is 5.08. The van der Waals surface area contributed by atoms with Crippen molar-refractivity contribution in [3.63, 3.8) is 0 Å². The van der Waals surface area contributed by atoms with Gasteiger partial charge in [-0.05, 0) is 60.9 Å². The SMILES string of the molecule is CC(=O)Cc1ccccc1OCc1cc(-c2cccc(CN)c2)c2oc(C)cc2c1. The fourth-order valence-corrected chi connectivity index (χ4v) is 3.73. The second kappa shape index (κ2) is 8.56. The second-order valence-corrected chi connectivity index (χ2v) is 7.60. The van der Waals surface area contributed by atoms with Crippen molar-refractivity contribution in [1.82, 2.24) is 0 Å². The minimum atomic E-state index is 0.114. The minimum absolute atomic E-state index is 0.114. The number of para-hydroxylation sites is 1. The van der Waals surface area contributed by atoms with Crippen LogP contribution in [0.5, 0.6) is 5.75 Å². The number of ether oxygens (including phenoxy) is 1. The van der Waals surface area contributed by atoms with E-state index in [1.165, 1.54) is 0 Å². The first-order chi connectivity index (χ1) is 14.5. The molecule has 0 aliphatic carbocycles. The molecule has 0 amide bonds. The summed E-state index contributed by atoms with van der Waals surface area (Å²) in [6, 6.07) is 22.1. The normalized spacial score (nSPS) is 11.0. The van der Waals surface area contributed by atoms with Crippen LogP contribution in [-0.2, 0) is 24.4 Å². The van der Waals surface area contributed by atoms with E-state index in [0.29, 0.717) is 19.6 Å². The number of furan rings is 1. The molecule has 0 radical (unpaired) electrons. The van der Waals surface area contributed by atoms with Crippen LogP contribution in [0, 0.1) is 6.92 Å². The predicted octanol–water partition coefficient (Wildman–Crippen LogP) is 5.58. The van der Waals surface area contributed by atoms with E-state index in [9.17, 15) is 4.79 Å². The Kier molecular flexibility index (Phi) is 5.68. The van der Waals surface area contributed by atoms with Crippen LogP contribution in [0.4, 0.5) is 0 Å². The number of carbonyl (C=O) groups is 1. The zero-order valence-corrected chi connectivity index (χ0v) is 17.3. The Morgan fingerprint density at radius 3 is 2.63 bits per heavy atom. The molecule has 0 aliphatic rings. The summed E-state index contributed by atoms with van der Waals surface area (Å²) in [4.78, 5) is 11.6. The Hall–Kier alpha value is -3.37. The number of ketones is 1. The lowest BCUT2D eigenvalue weighted by Gasteiger charge is -2.12. The minimum Gasteiger partial charge on any atom is -0.489 e. The van der Waals surface area contributed by atoms with Gasteiger partial charge in [0.15, 0.2) is 0 Å². The van der Waals surface area contributed by atoms with Gasteiger partial charge >= 0.3 is 0 Å². The molecule has 152 valence electrons. The summed E-state index contributed by atoms with van der Waals surface area (Å²) in [5, 5.41) is 1.04. The monoisotopic (exact) mass is 399 g/mol. The summed E-state index contributed by atoms with van der Waals surface area (Å²) in [7, 11) is 0. The molecule has 4 rings (SSSR count). The van der Waals surface area contributed by atoms with E-state index in [1.54, 1.807) is 6.92 Å². The molecule has 3 aromatic carbocycles. The largest absolute Gasteiger partial charge is 0.489 e. The second-order valence-electron chi connectivity index (χ2n) is 7.60. The number of carbonyl (C=O) groups excluding carboxylic acids is 1. The molecule has 0 atom stereocenters. The van der Waals surface area contributed by atoms with Gasteiger partial charge in [0.1, 0.15) is 29.5 Å². The van der Waals surface area contributed by atoms with E-state index in [1.807, 2.05) is 49.4 Å². The number of rotatable bonds is 7. The number of nitrogens with two attached hydrogens (primary N) is 1. The van der Waals surface area contributed by atoms with Gasteiger partial charge in [0.25, 0.3) is 0 Å². The average molecular weight is 399 g/mol. The van der Waals surface area contributed by atoms with E-state index in [0.717, 1.165) is 50.3 Å². The Bertz CT molecular complexity index is 1210. The summed E-state index contributed by atoms with van der Waals surface area (Å²) in [5.74, 6) is 1.72. The molecule has 0 saturated heterocycles. The van der Waals surface area contributed by atoms with Crippen molar-refractivity contribution in [2.24, 2.45) is 5.73 Å². The topological polar surface area (TPSA) is 65.5 Å². The Morgan fingerprint density at radius 1 is 1.00 bits per heavy atom. The first-order valence-corrected chi connectivity index (χ1v) is 10.1. The van der Waals surface area contributed by atoms with E-state index in [-0.39, 0.29) is 5.78 Å². The average Bonchev–Trinajstić information content (AvgIpc) is 3.12. The van der Waals surface area contributed by atoms with Crippen LogP contribution in [0.1, 0.15) is 29.4 Å². The molecular weight excluding hydrogens is 374 g/mol. The van der Waals surface area contributed by atoms with Gasteiger partial charge in [0, 0.05) is 29.5 Å². The van der Waals surface area contributed by atoms with Crippen LogP contribution in [0.25, 0.3) is 22.1 Å². The molecule has 0 bridgehead atoms. The quantitative estimate of drug-likeness (QED) is 0.441. The maximum absolute atomic E-state index is 11.6. The molecule has 1 heterocycles. The fourth-order valence-electron chi connectivity index (χ4n) is 3.73. The van der Waals surface area contributed by atoms with Crippen molar-refractivity contribution in [3.05, 3.63) is 89.2 Å². The number of hydrogen-bond donors (Lipinski definition) is 1. The van der Waals surface area contributed by atoms with Crippen LogP contribution in [-0.4, -0.2) is 5.78 Å². The van der Waals surface area contributed by atoms with Crippen LogP contribution < -0.4 is 10.5 Å². The van der Waals surface area contributed by atoms with Gasteiger partial charge in [0.2, 0.25) is 0 Å². The highest BCUT2D eigenvalue weighted by atomic mass is 16.5. The zero-order valence-electron chi connectivity index (χ0n) is 17.3. The molecule has 0 unspecified atom stereocenters. The van der Waals surface area contributed by atoms with Gasteiger partial charge in [-0.1, -0.05) is 36.4 Å². The number of hydrogen-bond acceptors (Lipinski definition) is 4. The highest BCUT2D eigenvalue weighted by Crippen LogP contribution is 2.33. The number of benzene rings is 3. The molecule has 4 heteroatoms. The molecule has 1 aromatic heterocycles. The Labute approximate surface area is 176 Å². The summed E-state index contributed by atoms with van der Waals surface area (Å²) in [5.41, 5.74) is 11.8. The van der Waals surface area contributed by atoms with Crippen molar-refractivity contribution in [2.45, 2.75) is 33.4 Å². The molecule has 0 fully saturated rings. The predicted molar refractivity (Wildman–Crippen MR) is 119 cm³/mol. The molecule has 30 heavy (non-hydrogen) atoms. The highest BCUT2D eigenvalue weighted by molar-refractivity contribution is 5.93. The van der Waals surface area contributed by atoms with Crippen LogP contribution >= 0.6 is 0 Å². The molecule has 2 N–H and O–H groups in total. The summed E-state index contributed by atoms with van der Waals surface area (Å²) in [6.07, 6.45) is 0.368. The number of aryl methyl sites for hydroxylation is 1. The van der Waals surface area contributed by atoms with Crippen molar-refractivity contribution in [3.8, 4) is 16.9 Å². The number of fused-ring (bicyclic) bond motifs is 1. The third kappa shape index (κ3) is 4.29. The lowest BCUT2D eigenvalue weighted by Crippen LogP contribution is -2.02. The summed E-state index contributed by atoms with van der Waals surface area (Å²) >= 11 is 0. The highest BCUT2D eigenvalue weighted by Gasteiger charge is 2.13. The van der Waals surface area contributed by atoms with Gasteiger partial charge in [-0.15, -0.1) is 0 Å². The molecular formula is C26H25NO3. The van der Waals surface area contributed by atoms with E-state index >= 15 is 0 Å².